The van der Waals surface area contributed by atoms with E-state index in [0.717, 1.165) is 73.7 Å². The van der Waals surface area contributed by atoms with E-state index in [0.29, 0.717) is 0 Å². The quantitative estimate of drug-likeness (QED) is 0.165. The second-order valence-corrected chi connectivity index (χ2v) is 23.2. The highest BCUT2D eigenvalue weighted by Gasteiger charge is 2.46. The van der Waals surface area contributed by atoms with E-state index < -0.39 is 0 Å². The van der Waals surface area contributed by atoms with E-state index >= 15 is 0 Å². The van der Waals surface area contributed by atoms with Gasteiger partial charge in [0, 0.05) is 55.7 Å². The van der Waals surface area contributed by atoms with Crippen LogP contribution in [0.15, 0.2) is 185 Å². The number of fused-ring (bicyclic) bond motifs is 11. The van der Waals surface area contributed by atoms with E-state index in [2.05, 4.69) is 229 Å². The van der Waals surface area contributed by atoms with Crippen LogP contribution in [-0.2, 0) is 16.2 Å². The Balaban J connectivity index is 0.992. The summed E-state index contributed by atoms with van der Waals surface area (Å²) in [7, 11) is 0. The molecule has 0 unspecified atom stereocenters. The van der Waals surface area contributed by atoms with Crippen LogP contribution in [0.2, 0.25) is 0 Å². The molecule has 0 radical (unpaired) electrons. The van der Waals surface area contributed by atoms with Crippen molar-refractivity contribution in [2.75, 3.05) is 9.80 Å². The van der Waals surface area contributed by atoms with Gasteiger partial charge in [-0.15, -0.1) is 0 Å². The van der Waals surface area contributed by atoms with Gasteiger partial charge in [-0.25, -0.2) is 0 Å². The first-order valence-electron chi connectivity index (χ1n) is 25.8. The molecule has 2 aromatic heterocycles. The van der Waals surface area contributed by atoms with E-state index in [-0.39, 0.29) is 23.0 Å². The van der Waals surface area contributed by atoms with Crippen molar-refractivity contribution < 1.29 is 8.83 Å². The maximum atomic E-state index is 6.36. The van der Waals surface area contributed by atoms with Gasteiger partial charge in [0.15, 0.2) is 0 Å². The first-order chi connectivity index (χ1) is 34.7. The highest BCUT2D eigenvalue weighted by Crippen LogP contribution is 2.51. The van der Waals surface area contributed by atoms with Gasteiger partial charge in [0.2, 0.25) is 0 Å². The Kier molecular flexibility index (Phi) is 9.05. The van der Waals surface area contributed by atoms with Gasteiger partial charge < -0.3 is 18.6 Å². The van der Waals surface area contributed by atoms with Crippen LogP contribution >= 0.6 is 0 Å². The van der Waals surface area contributed by atoms with Crippen LogP contribution in [0, 0.1) is 6.92 Å². The number of rotatable bonds is 4. The first-order valence-corrected chi connectivity index (χ1v) is 25.8. The zero-order chi connectivity index (χ0) is 49.0. The van der Waals surface area contributed by atoms with E-state index in [9.17, 15) is 0 Å². The molecule has 350 valence electrons. The molecular weight excluding hydrogens is 876 g/mol. The van der Waals surface area contributed by atoms with Crippen LogP contribution in [0.25, 0.3) is 66.1 Å². The number of para-hydroxylation sites is 2. The van der Waals surface area contributed by atoms with Crippen molar-refractivity contribution in [1.82, 2.24) is 0 Å². The Labute approximate surface area is 422 Å². The topological polar surface area (TPSA) is 32.8 Å². The summed E-state index contributed by atoms with van der Waals surface area (Å²) in [6.07, 6.45) is 2.31. The van der Waals surface area contributed by atoms with Crippen LogP contribution in [0.5, 0.6) is 0 Å². The van der Waals surface area contributed by atoms with E-state index in [1.807, 2.05) is 12.1 Å². The zero-order valence-corrected chi connectivity index (χ0v) is 42.4. The fraction of sp³-hybridized carbons (Fsp3) is 0.194. The molecule has 0 spiro atoms. The lowest BCUT2D eigenvalue weighted by Crippen LogP contribution is -2.62. The smallest absolute Gasteiger partial charge is 0.252 e. The second-order valence-electron chi connectivity index (χ2n) is 23.2. The number of hydrogen-bond acceptors (Lipinski definition) is 4. The van der Waals surface area contributed by atoms with Crippen molar-refractivity contribution in [3.8, 4) is 22.3 Å². The molecule has 0 fully saturated rings. The van der Waals surface area contributed by atoms with Crippen LogP contribution in [0.3, 0.4) is 0 Å². The summed E-state index contributed by atoms with van der Waals surface area (Å²) in [6, 6.07) is 65.7. The molecule has 4 heterocycles. The molecule has 11 aromatic rings. The SMILES string of the molecule is Cc1cc2c3c(c1)N(c1ccc(-c4cccc5oc6ccccc6c45)cc1)c1cc4c(cc1B3c1ccc(C(C)(C)C)cc1N2c1ccc(-c2cccc3oc5ccccc5c23)cc1)C(C)(C)CCC4(C)C. The fourth-order valence-electron chi connectivity index (χ4n) is 12.8. The Morgan fingerprint density at radius 1 is 0.458 bits per heavy atom. The molecule has 0 saturated carbocycles. The summed E-state index contributed by atoms with van der Waals surface area (Å²) in [4.78, 5) is 5.16. The molecule has 14 rings (SSSR count). The van der Waals surface area contributed by atoms with Crippen molar-refractivity contribution in [1.29, 1.82) is 0 Å². The highest BCUT2D eigenvalue weighted by molar-refractivity contribution is 7.00. The predicted octanol–water partition coefficient (Wildman–Crippen LogP) is 16.9. The van der Waals surface area contributed by atoms with Gasteiger partial charge in [-0.3, -0.25) is 0 Å². The third-order valence-corrected chi connectivity index (χ3v) is 16.7. The Hall–Kier alpha value is -7.76. The summed E-state index contributed by atoms with van der Waals surface area (Å²) in [5.74, 6) is 0. The van der Waals surface area contributed by atoms with Crippen LogP contribution < -0.4 is 26.2 Å². The van der Waals surface area contributed by atoms with Crippen molar-refractivity contribution in [3.63, 3.8) is 0 Å². The molecule has 0 amide bonds. The van der Waals surface area contributed by atoms with Crippen LogP contribution in [0.1, 0.15) is 83.6 Å². The Morgan fingerprint density at radius 3 is 1.44 bits per heavy atom. The number of furan rings is 2. The van der Waals surface area contributed by atoms with Crippen LogP contribution in [-0.4, -0.2) is 6.71 Å². The lowest BCUT2D eigenvalue weighted by Gasteiger charge is -2.47. The molecule has 0 saturated heterocycles. The number of benzene rings is 9. The maximum Gasteiger partial charge on any atom is 0.252 e. The molecule has 9 aromatic carbocycles. The van der Waals surface area contributed by atoms with Gasteiger partial charge in [0.05, 0.1) is 0 Å². The highest BCUT2D eigenvalue weighted by atomic mass is 16.3. The number of aryl methyl sites for hydroxylation is 1. The van der Waals surface area contributed by atoms with Crippen molar-refractivity contribution >= 4 is 101 Å². The molecule has 0 N–H and O–H groups in total. The summed E-state index contributed by atoms with van der Waals surface area (Å²) in [6.45, 7) is 19.1. The monoisotopic (exact) mass is 932 g/mol. The number of anilines is 6. The third kappa shape index (κ3) is 6.32. The molecule has 0 atom stereocenters. The maximum absolute atomic E-state index is 6.36. The molecule has 0 bridgehead atoms. The third-order valence-electron chi connectivity index (χ3n) is 16.7. The fourth-order valence-corrected chi connectivity index (χ4v) is 12.8. The van der Waals surface area contributed by atoms with E-state index in [1.54, 1.807) is 0 Å². The standard InChI is InChI=1S/C67H57BN2O2/c1-40-35-56-64-57(36-40)70(45-30-25-42(26-31-45)47-18-14-22-61-63(47)49-16-10-12-20-59(49)72-61)55-39-51-50(66(5,6)33-34-67(51,7)8)38-53(55)68(64)52-32-27-43(65(2,3)4)37-54(52)69(56)44-28-23-41(24-29-44)46-17-13-21-60-62(46)48-15-9-11-19-58(48)71-60/h9-32,35-39H,33-34H2,1-8H3. The van der Waals surface area contributed by atoms with Gasteiger partial charge in [0.1, 0.15) is 22.3 Å². The average molecular weight is 933 g/mol. The second kappa shape index (κ2) is 15.1. The van der Waals surface area contributed by atoms with Crippen molar-refractivity contribution in [2.45, 2.75) is 84.5 Å². The lowest BCUT2D eigenvalue weighted by molar-refractivity contribution is 0.332. The minimum atomic E-state index is -0.0486. The molecule has 4 nitrogen and oxygen atoms in total. The first kappa shape index (κ1) is 43.1. The molecule has 1 aliphatic carbocycles. The van der Waals surface area contributed by atoms with Crippen LogP contribution in [0.4, 0.5) is 34.1 Å². The van der Waals surface area contributed by atoms with E-state index in [4.69, 9.17) is 8.83 Å². The Bertz CT molecular complexity index is 4030. The lowest BCUT2D eigenvalue weighted by atomic mass is 9.33. The zero-order valence-electron chi connectivity index (χ0n) is 42.4. The summed E-state index contributed by atoms with van der Waals surface area (Å²) in [5, 5.41) is 4.59. The number of nitrogens with zero attached hydrogens (tertiary/aromatic N) is 2. The van der Waals surface area contributed by atoms with Gasteiger partial charge >= 0.3 is 0 Å². The predicted molar refractivity (Wildman–Crippen MR) is 305 cm³/mol. The molecular formula is C67H57BN2O2. The van der Waals surface area contributed by atoms with Gasteiger partial charge in [0.25, 0.3) is 6.71 Å². The van der Waals surface area contributed by atoms with Gasteiger partial charge in [-0.2, -0.15) is 0 Å². The molecule has 72 heavy (non-hydrogen) atoms. The minimum absolute atomic E-state index is 0.0192. The molecule has 5 heteroatoms. The summed E-state index contributed by atoms with van der Waals surface area (Å²) >= 11 is 0. The normalized spacial score (nSPS) is 15.5. The summed E-state index contributed by atoms with van der Waals surface area (Å²) < 4.78 is 12.7. The minimum Gasteiger partial charge on any atom is -0.456 e. The average Bonchev–Trinajstić information content (AvgIpc) is 3.96. The van der Waals surface area contributed by atoms with Gasteiger partial charge in [-0.05, 0) is 170 Å². The van der Waals surface area contributed by atoms with Crippen molar-refractivity contribution in [3.05, 3.63) is 198 Å². The molecule has 2 aliphatic heterocycles. The van der Waals surface area contributed by atoms with Gasteiger partial charge in [-0.1, -0.05) is 152 Å². The van der Waals surface area contributed by atoms with Crippen molar-refractivity contribution in [2.24, 2.45) is 0 Å². The molecule has 3 aliphatic rings. The summed E-state index contributed by atoms with van der Waals surface area (Å²) in [5.41, 5.74) is 25.2. The largest absolute Gasteiger partial charge is 0.456 e. The van der Waals surface area contributed by atoms with E-state index in [1.165, 1.54) is 78.1 Å². The number of hydrogen-bond donors (Lipinski definition) is 0. The Morgan fingerprint density at radius 2 is 0.931 bits per heavy atom.